The summed E-state index contributed by atoms with van der Waals surface area (Å²) in [5.41, 5.74) is 5.58. The van der Waals surface area contributed by atoms with Crippen LogP contribution in [0, 0.1) is 0 Å². The van der Waals surface area contributed by atoms with Gasteiger partial charge in [-0.15, -0.1) is 0 Å². The summed E-state index contributed by atoms with van der Waals surface area (Å²) in [5.74, 6) is -2.52. The molecule has 0 radical (unpaired) electrons. The minimum absolute atomic E-state index is 0.245. The van der Waals surface area contributed by atoms with Crippen LogP contribution in [0.4, 0.5) is 0 Å². The maximum atomic E-state index is 11.6. The molecule has 0 aliphatic carbocycles. The van der Waals surface area contributed by atoms with E-state index in [1.54, 1.807) is 12.3 Å². The minimum Gasteiger partial charge on any atom is -0.463 e. The molecular weight excluding hydrogens is 360 g/mol. The van der Waals surface area contributed by atoms with E-state index in [9.17, 15) is 19.2 Å². The molecular formula is C17H24N2O8. The number of methoxy groups -OCH3 is 1. The highest BCUT2D eigenvalue weighted by Crippen LogP contribution is 2.22. The smallest absolute Gasteiger partial charge is 0.304 e. The second-order valence-electron chi connectivity index (χ2n) is 5.71. The van der Waals surface area contributed by atoms with Crippen LogP contribution >= 0.6 is 0 Å². The third kappa shape index (κ3) is 7.10. The molecule has 0 aromatic rings. The molecule has 0 saturated heterocycles. The molecule has 0 saturated carbocycles. The average Bonchev–Trinajstić information content (AvgIpc) is 2.58. The third-order valence-electron chi connectivity index (χ3n) is 3.52. The lowest BCUT2D eigenvalue weighted by Crippen LogP contribution is -2.52. The van der Waals surface area contributed by atoms with Gasteiger partial charge in [0.05, 0.1) is 0 Å². The Labute approximate surface area is 156 Å². The van der Waals surface area contributed by atoms with Gasteiger partial charge in [-0.05, 0) is 6.42 Å². The Balaban J connectivity index is 3.25. The van der Waals surface area contributed by atoms with Gasteiger partial charge in [0.2, 0.25) is 12.1 Å². The van der Waals surface area contributed by atoms with E-state index in [-0.39, 0.29) is 12.2 Å². The molecule has 2 N–H and O–H groups in total. The summed E-state index contributed by atoms with van der Waals surface area (Å²) in [7, 11) is 1.33. The quantitative estimate of drug-likeness (QED) is 0.429. The van der Waals surface area contributed by atoms with Gasteiger partial charge in [0, 0.05) is 45.9 Å². The number of nitrogens with two attached hydrogens (primary N) is 1. The summed E-state index contributed by atoms with van der Waals surface area (Å²) in [4.78, 5) is 47.2. The summed E-state index contributed by atoms with van der Waals surface area (Å²) in [6.07, 6.45) is 1.59. The maximum Gasteiger partial charge on any atom is 0.304 e. The molecule has 0 fully saturated rings. The van der Waals surface area contributed by atoms with Gasteiger partial charge in [-0.3, -0.25) is 19.2 Å². The first-order valence-electron chi connectivity index (χ1n) is 8.10. The largest absolute Gasteiger partial charge is 0.463 e. The van der Waals surface area contributed by atoms with Gasteiger partial charge >= 0.3 is 17.9 Å². The van der Waals surface area contributed by atoms with E-state index in [2.05, 4.69) is 0 Å². The van der Waals surface area contributed by atoms with Crippen LogP contribution in [0.2, 0.25) is 0 Å². The fraction of sp³-hybridized carbons (Fsp3) is 0.529. The standard InChI is InChI=1S/C17H24N2O8/c1-10(20)25-9-14(24-4)15(26-11(2)21)17(27-12(3)22)19-7-5-6-13(8-19)16(18)23/h5,7-8,14-15,17H,6,9H2,1-4H3,(H2,18,23)/t14-,15-,17-/m1/s1. The molecule has 0 aromatic heterocycles. The number of rotatable bonds is 9. The predicted octanol–water partition coefficient (Wildman–Crippen LogP) is -0.0260. The van der Waals surface area contributed by atoms with Crippen LogP contribution in [0.1, 0.15) is 27.2 Å². The Bertz CT molecular complexity index is 643. The summed E-state index contributed by atoms with van der Waals surface area (Å²) in [6.45, 7) is 3.32. The number of carbonyl (C=O) groups excluding carboxylic acids is 4. The SMILES string of the molecule is CO[C@H](COC(C)=O)[C@@H](OC(C)=O)[C@@H](OC(C)=O)N1C=CCC(C(N)=O)=C1. The van der Waals surface area contributed by atoms with E-state index >= 15 is 0 Å². The lowest BCUT2D eigenvalue weighted by Gasteiger charge is -2.37. The first kappa shape index (κ1) is 22.2. The predicted molar refractivity (Wildman–Crippen MR) is 91.4 cm³/mol. The highest BCUT2D eigenvalue weighted by molar-refractivity contribution is 5.92. The molecule has 1 rings (SSSR count). The van der Waals surface area contributed by atoms with Crippen molar-refractivity contribution in [2.75, 3.05) is 13.7 Å². The van der Waals surface area contributed by atoms with Crippen LogP contribution in [0.5, 0.6) is 0 Å². The van der Waals surface area contributed by atoms with Crippen molar-refractivity contribution in [2.24, 2.45) is 5.73 Å². The van der Waals surface area contributed by atoms with E-state index in [0.717, 1.165) is 0 Å². The van der Waals surface area contributed by atoms with Gasteiger partial charge in [0.1, 0.15) is 12.7 Å². The van der Waals surface area contributed by atoms with E-state index in [4.69, 9.17) is 24.7 Å². The molecule has 3 atom stereocenters. The van der Waals surface area contributed by atoms with Crippen molar-refractivity contribution in [3.05, 3.63) is 24.0 Å². The average molecular weight is 384 g/mol. The molecule has 1 amide bonds. The van der Waals surface area contributed by atoms with Crippen LogP contribution in [0.3, 0.4) is 0 Å². The monoisotopic (exact) mass is 384 g/mol. The molecule has 0 unspecified atom stereocenters. The van der Waals surface area contributed by atoms with Crippen LogP contribution < -0.4 is 5.73 Å². The van der Waals surface area contributed by atoms with Gasteiger partial charge in [-0.25, -0.2) is 0 Å². The topological polar surface area (TPSA) is 134 Å². The summed E-state index contributed by atoms with van der Waals surface area (Å²) >= 11 is 0. The van der Waals surface area contributed by atoms with Crippen molar-refractivity contribution in [3.8, 4) is 0 Å². The summed E-state index contributed by atoms with van der Waals surface area (Å²) < 4.78 is 20.8. The molecule has 10 nitrogen and oxygen atoms in total. The number of primary amides is 1. The van der Waals surface area contributed by atoms with Crippen molar-refractivity contribution >= 4 is 23.8 Å². The van der Waals surface area contributed by atoms with Crippen LogP contribution in [-0.4, -0.2) is 60.9 Å². The van der Waals surface area contributed by atoms with E-state index in [1.807, 2.05) is 0 Å². The molecule has 0 bridgehead atoms. The zero-order valence-corrected chi connectivity index (χ0v) is 15.7. The third-order valence-corrected chi connectivity index (χ3v) is 3.52. The van der Waals surface area contributed by atoms with Gasteiger partial charge in [-0.1, -0.05) is 6.08 Å². The fourth-order valence-electron chi connectivity index (χ4n) is 2.37. The second kappa shape index (κ2) is 10.3. The van der Waals surface area contributed by atoms with Crippen LogP contribution in [-0.2, 0) is 38.1 Å². The molecule has 1 aliphatic heterocycles. The summed E-state index contributed by atoms with van der Waals surface area (Å²) in [5, 5.41) is 0. The van der Waals surface area contributed by atoms with Crippen LogP contribution in [0.15, 0.2) is 24.0 Å². The number of carbonyl (C=O) groups is 4. The molecule has 27 heavy (non-hydrogen) atoms. The van der Waals surface area contributed by atoms with E-state index in [1.165, 1.54) is 39.0 Å². The van der Waals surface area contributed by atoms with E-state index in [0.29, 0.717) is 6.42 Å². The zero-order chi connectivity index (χ0) is 20.6. The Morgan fingerprint density at radius 1 is 1.11 bits per heavy atom. The number of allylic oxidation sites excluding steroid dienone is 1. The second-order valence-corrected chi connectivity index (χ2v) is 5.71. The molecule has 0 aromatic carbocycles. The number of amides is 1. The highest BCUT2D eigenvalue weighted by Gasteiger charge is 2.39. The number of hydrogen-bond donors (Lipinski definition) is 1. The number of ether oxygens (including phenoxy) is 4. The van der Waals surface area contributed by atoms with Crippen LogP contribution in [0.25, 0.3) is 0 Å². The maximum absolute atomic E-state index is 11.6. The van der Waals surface area contributed by atoms with Gasteiger partial charge in [-0.2, -0.15) is 0 Å². The van der Waals surface area contributed by atoms with Crippen molar-refractivity contribution in [1.82, 2.24) is 4.90 Å². The lowest BCUT2D eigenvalue weighted by atomic mass is 10.1. The van der Waals surface area contributed by atoms with Crippen molar-refractivity contribution in [3.63, 3.8) is 0 Å². The van der Waals surface area contributed by atoms with Crippen molar-refractivity contribution in [1.29, 1.82) is 0 Å². The molecule has 1 aliphatic rings. The Morgan fingerprint density at radius 2 is 1.74 bits per heavy atom. The normalized spacial score (nSPS) is 16.6. The van der Waals surface area contributed by atoms with Gasteiger partial charge < -0.3 is 29.6 Å². The van der Waals surface area contributed by atoms with Crippen molar-refractivity contribution < 1.29 is 38.1 Å². The van der Waals surface area contributed by atoms with Gasteiger partial charge in [0.25, 0.3) is 0 Å². The number of hydrogen-bond acceptors (Lipinski definition) is 9. The Kier molecular flexibility index (Phi) is 8.46. The zero-order valence-electron chi connectivity index (χ0n) is 15.7. The highest BCUT2D eigenvalue weighted by atomic mass is 16.6. The van der Waals surface area contributed by atoms with Crippen molar-refractivity contribution in [2.45, 2.75) is 45.6 Å². The molecule has 1 heterocycles. The Morgan fingerprint density at radius 3 is 2.22 bits per heavy atom. The number of esters is 3. The molecule has 0 spiro atoms. The Hall–Kier alpha value is -2.88. The molecule has 10 heteroatoms. The molecule has 150 valence electrons. The van der Waals surface area contributed by atoms with Gasteiger partial charge in [0.15, 0.2) is 6.10 Å². The number of nitrogens with zero attached hydrogens (tertiary/aromatic N) is 1. The summed E-state index contributed by atoms with van der Waals surface area (Å²) in [6, 6.07) is 0. The fourth-order valence-corrected chi connectivity index (χ4v) is 2.37. The minimum atomic E-state index is -1.18. The first-order valence-corrected chi connectivity index (χ1v) is 8.10. The first-order chi connectivity index (χ1) is 12.6. The lowest BCUT2D eigenvalue weighted by molar-refractivity contribution is -0.194. The van der Waals surface area contributed by atoms with E-state index < -0.39 is 42.3 Å².